The first-order chi connectivity index (χ1) is 9.67. The van der Waals surface area contributed by atoms with Crippen LogP contribution in [0.15, 0.2) is 18.2 Å². The van der Waals surface area contributed by atoms with E-state index in [1.807, 2.05) is 39.0 Å². The van der Waals surface area contributed by atoms with E-state index in [0.29, 0.717) is 5.92 Å². The van der Waals surface area contributed by atoms with Crippen molar-refractivity contribution in [3.05, 3.63) is 29.3 Å². The highest BCUT2D eigenvalue weighted by atomic mass is 16.4. The highest BCUT2D eigenvalue weighted by Gasteiger charge is 2.65. The Bertz CT molecular complexity index is 590. The predicted octanol–water partition coefficient (Wildman–Crippen LogP) is 3.41. The number of hydrogen-bond donors (Lipinski definition) is 2. The Labute approximate surface area is 125 Å². The molecule has 2 N–H and O–H groups in total. The number of carbonyl (C=O) groups excluding carboxylic acids is 1. The second-order valence-corrected chi connectivity index (χ2v) is 6.80. The molecule has 1 saturated carbocycles. The van der Waals surface area contributed by atoms with Gasteiger partial charge < -0.3 is 10.4 Å². The van der Waals surface area contributed by atoms with Crippen molar-refractivity contribution in [1.29, 1.82) is 0 Å². The zero-order valence-electron chi connectivity index (χ0n) is 13.2. The lowest BCUT2D eigenvalue weighted by Crippen LogP contribution is -2.19. The number of rotatable bonds is 4. The summed E-state index contributed by atoms with van der Waals surface area (Å²) in [5.74, 6) is -1.85. The minimum Gasteiger partial charge on any atom is -0.481 e. The van der Waals surface area contributed by atoms with Crippen LogP contribution in [0.5, 0.6) is 0 Å². The minimum absolute atomic E-state index is 0.191. The summed E-state index contributed by atoms with van der Waals surface area (Å²) >= 11 is 0. The quantitative estimate of drug-likeness (QED) is 0.892. The van der Waals surface area contributed by atoms with Crippen molar-refractivity contribution < 1.29 is 14.7 Å². The molecule has 2 unspecified atom stereocenters. The SMILES string of the molecule is Cc1cccc(C(C)C)c1NC(=O)C1C(C(=O)O)C1(C)C. The summed E-state index contributed by atoms with van der Waals surface area (Å²) in [6.45, 7) is 9.76. The normalized spacial score (nSPS) is 23.0. The highest BCUT2D eigenvalue weighted by Crippen LogP contribution is 2.58. The fraction of sp³-hybridized carbons (Fsp3) is 0.529. The number of benzene rings is 1. The molecule has 0 radical (unpaired) electrons. The predicted molar refractivity (Wildman–Crippen MR) is 82.3 cm³/mol. The molecule has 1 aliphatic carbocycles. The maximum Gasteiger partial charge on any atom is 0.307 e. The van der Waals surface area contributed by atoms with Crippen molar-refractivity contribution in [2.75, 3.05) is 5.32 Å². The van der Waals surface area contributed by atoms with Gasteiger partial charge in [-0.05, 0) is 29.4 Å². The van der Waals surface area contributed by atoms with Crippen LogP contribution in [-0.2, 0) is 9.59 Å². The van der Waals surface area contributed by atoms with Crippen LogP contribution in [0, 0.1) is 24.2 Å². The van der Waals surface area contributed by atoms with Crippen LogP contribution in [0.1, 0.15) is 44.7 Å². The standard InChI is InChI=1S/C17H23NO3/c1-9(2)11-8-6-7-10(3)14(11)18-15(19)12-13(16(20)21)17(12,4)5/h6-9,12-13H,1-5H3,(H,18,19)(H,20,21). The van der Waals surface area contributed by atoms with E-state index in [0.717, 1.165) is 16.8 Å². The van der Waals surface area contributed by atoms with Crippen molar-refractivity contribution in [3.63, 3.8) is 0 Å². The van der Waals surface area contributed by atoms with Gasteiger partial charge in [-0.3, -0.25) is 9.59 Å². The van der Waals surface area contributed by atoms with E-state index in [1.165, 1.54) is 0 Å². The molecule has 0 bridgehead atoms. The first-order valence-electron chi connectivity index (χ1n) is 7.31. The number of carbonyl (C=O) groups is 2. The molecule has 4 nitrogen and oxygen atoms in total. The Balaban J connectivity index is 2.24. The van der Waals surface area contributed by atoms with Gasteiger partial charge in [0.15, 0.2) is 0 Å². The Kier molecular flexibility index (Phi) is 3.83. The van der Waals surface area contributed by atoms with Crippen molar-refractivity contribution in [1.82, 2.24) is 0 Å². The van der Waals surface area contributed by atoms with Gasteiger partial charge in [-0.25, -0.2) is 0 Å². The molecule has 1 aromatic carbocycles. The first-order valence-corrected chi connectivity index (χ1v) is 7.31. The molecule has 0 heterocycles. The third kappa shape index (κ3) is 2.67. The smallest absolute Gasteiger partial charge is 0.307 e. The molecule has 2 atom stereocenters. The molecule has 0 spiro atoms. The zero-order chi connectivity index (χ0) is 15.9. The number of aryl methyl sites for hydroxylation is 1. The lowest BCUT2D eigenvalue weighted by molar-refractivity contribution is -0.140. The molecule has 1 aliphatic rings. The van der Waals surface area contributed by atoms with E-state index in [4.69, 9.17) is 0 Å². The Morgan fingerprint density at radius 2 is 1.86 bits per heavy atom. The lowest BCUT2D eigenvalue weighted by Gasteiger charge is -2.16. The largest absolute Gasteiger partial charge is 0.481 e. The average Bonchev–Trinajstić information content (AvgIpc) is 2.94. The third-order valence-corrected chi connectivity index (χ3v) is 4.55. The van der Waals surface area contributed by atoms with Gasteiger partial charge in [0.25, 0.3) is 0 Å². The van der Waals surface area contributed by atoms with Crippen LogP contribution >= 0.6 is 0 Å². The second-order valence-electron chi connectivity index (χ2n) is 6.80. The molecule has 4 heteroatoms. The van der Waals surface area contributed by atoms with Gasteiger partial charge in [-0.2, -0.15) is 0 Å². The third-order valence-electron chi connectivity index (χ3n) is 4.55. The summed E-state index contributed by atoms with van der Waals surface area (Å²) in [6.07, 6.45) is 0. The Hall–Kier alpha value is -1.84. The van der Waals surface area contributed by atoms with E-state index in [1.54, 1.807) is 0 Å². The fourth-order valence-electron chi connectivity index (χ4n) is 3.13. The van der Waals surface area contributed by atoms with E-state index < -0.39 is 23.2 Å². The molecule has 0 aliphatic heterocycles. The summed E-state index contributed by atoms with van der Waals surface area (Å²) in [4.78, 5) is 23.7. The number of carboxylic acids is 1. The maximum atomic E-state index is 12.5. The van der Waals surface area contributed by atoms with Crippen LogP contribution in [0.3, 0.4) is 0 Å². The number of carboxylic acid groups (broad SMARTS) is 1. The van der Waals surface area contributed by atoms with E-state index in [2.05, 4.69) is 19.2 Å². The number of hydrogen-bond acceptors (Lipinski definition) is 2. The number of aliphatic carboxylic acids is 1. The van der Waals surface area contributed by atoms with Crippen molar-refractivity contribution in [2.45, 2.75) is 40.5 Å². The van der Waals surface area contributed by atoms with Gasteiger partial charge in [0.1, 0.15) is 0 Å². The second kappa shape index (κ2) is 5.17. The molecule has 0 saturated heterocycles. The summed E-state index contributed by atoms with van der Waals surface area (Å²) in [6, 6.07) is 5.93. The highest BCUT2D eigenvalue weighted by molar-refractivity contribution is 6.00. The Morgan fingerprint density at radius 1 is 1.24 bits per heavy atom. The molecule has 1 fully saturated rings. The van der Waals surface area contributed by atoms with Crippen LogP contribution < -0.4 is 5.32 Å². The van der Waals surface area contributed by atoms with Gasteiger partial charge in [-0.1, -0.05) is 45.9 Å². The molecular weight excluding hydrogens is 266 g/mol. The zero-order valence-corrected chi connectivity index (χ0v) is 13.2. The van der Waals surface area contributed by atoms with Crippen molar-refractivity contribution >= 4 is 17.6 Å². The van der Waals surface area contributed by atoms with Gasteiger partial charge in [0, 0.05) is 5.69 Å². The number of amides is 1. The minimum atomic E-state index is -0.894. The number of anilines is 1. The van der Waals surface area contributed by atoms with Gasteiger partial charge in [-0.15, -0.1) is 0 Å². The molecule has 21 heavy (non-hydrogen) atoms. The molecule has 0 aromatic heterocycles. The van der Waals surface area contributed by atoms with E-state index >= 15 is 0 Å². The van der Waals surface area contributed by atoms with Gasteiger partial charge in [0.2, 0.25) is 5.91 Å². The molecule has 1 amide bonds. The molecule has 2 rings (SSSR count). The van der Waals surface area contributed by atoms with Crippen molar-refractivity contribution in [3.8, 4) is 0 Å². The molecule has 1 aromatic rings. The van der Waals surface area contributed by atoms with Crippen LogP contribution in [0.2, 0.25) is 0 Å². The average molecular weight is 289 g/mol. The summed E-state index contributed by atoms with van der Waals surface area (Å²) in [5.41, 5.74) is 2.43. The lowest BCUT2D eigenvalue weighted by atomic mass is 9.98. The number of nitrogens with one attached hydrogen (secondary N) is 1. The molecule has 114 valence electrons. The van der Waals surface area contributed by atoms with Crippen LogP contribution in [0.4, 0.5) is 5.69 Å². The summed E-state index contributed by atoms with van der Waals surface area (Å²) in [5, 5.41) is 12.2. The monoisotopic (exact) mass is 289 g/mol. The first kappa shape index (κ1) is 15.5. The Morgan fingerprint density at radius 3 is 2.33 bits per heavy atom. The van der Waals surface area contributed by atoms with Crippen molar-refractivity contribution in [2.24, 2.45) is 17.3 Å². The molecular formula is C17H23NO3. The van der Waals surface area contributed by atoms with Crippen LogP contribution in [0.25, 0.3) is 0 Å². The maximum absolute atomic E-state index is 12.5. The summed E-state index contributed by atoms with van der Waals surface area (Å²) in [7, 11) is 0. The van der Waals surface area contributed by atoms with E-state index in [9.17, 15) is 14.7 Å². The van der Waals surface area contributed by atoms with E-state index in [-0.39, 0.29) is 5.91 Å². The van der Waals surface area contributed by atoms with Gasteiger partial charge >= 0.3 is 5.97 Å². The fourth-order valence-corrected chi connectivity index (χ4v) is 3.13. The summed E-state index contributed by atoms with van der Waals surface area (Å²) < 4.78 is 0. The van der Waals surface area contributed by atoms with Crippen LogP contribution in [-0.4, -0.2) is 17.0 Å². The topological polar surface area (TPSA) is 66.4 Å². The number of para-hydroxylation sites is 1. The van der Waals surface area contributed by atoms with Gasteiger partial charge in [0.05, 0.1) is 11.8 Å².